The Morgan fingerprint density at radius 1 is 1.27 bits per heavy atom. The van der Waals surface area contributed by atoms with E-state index in [2.05, 4.69) is 13.6 Å². The van der Waals surface area contributed by atoms with Crippen LogP contribution >= 0.6 is 7.82 Å². The lowest BCUT2D eigenvalue weighted by molar-refractivity contribution is -0.281. The van der Waals surface area contributed by atoms with E-state index in [1.54, 1.807) is 0 Å². The van der Waals surface area contributed by atoms with E-state index in [1.165, 1.54) is 0 Å². The summed E-state index contributed by atoms with van der Waals surface area (Å²) in [4.78, 5) is 0. The van der Waals surface area contributed by atoms with Crippen molar-refractivity contribution in [3.8, 4) is 0 Å². The zero-order valence-corrected chi connectivity index (χ0v) is 6.02. The summed E-state index contributed by atoms with van der Waals surface area (Å²) in [6.45, 7) is -0.291. The molecule has 66 valence electrons. The van der Waals surface area contributed by atoms with E-state index in [0.29, 0.717) is 0 Å². The molecule has 1 saturated heterocycles. The average molecular weight is 192 g/mol. The predicted molar refractivity (Wildman–Crippen MR) is 26.7 cm³/mol. The Bertz CT molecular complexity index is 180. The molecule has 1 heterocycles. The molecule has 4 nitrogen and oxygen atoms in total. The number of hydrogen-bond acceptors (Lipinski definition) is 4. The fourth-order valence-electron chi connectivity index (χ4n) is 0.515. The van der Waals surface area contributed by atoms with Gasteiger partial charge in [-0.1, -0.05) is 0 Å². The monoisotopic (exact) mass is 192 g/mol. The summed E-state index contributed by atoms with van der Waals surface area (Å²) in [5, 5.41) is 0. The molecule has 1 aliphatic rings. The third-order valence-corrected chi connectivity index (χ3v) is 2.23. The van der Waals surface area contributed by atoms with Crippen LogP contribution in [0.3, 0.4) is 0 Å². The van der Waals surface area contributed by atoms with Gasteiger partial charge in [-0.3, -0.25) is 9.05 Å². The predicted octanol–water partition coefficient (Wildman–Crippen LogP) is 1.68. The molecule has 0 aromatic carbocycles. The zero-order valence-electron chi connectivity index (χ0n) is 5.13. The highest BCUT2D eigenvalue weighted by Crippen LogP contribution is 2.56. The first kappa shape index (κ1) is 8.99. The molecule has 1 rings (SSSR count). The van der Waals surface area contributed by atoms with Crippen molar-refractivity contribution in [1.29, 1.82) is 0 Å². The summed E-state index contributed by atoms with van der Waals surface area (Å²) in [5.74, 6) is 0. The van der Waals surface area contributed by atoms with E-state index >= 15 is 0 Å². The number of rotatable bonds is 1. The molecule has 0 atom stereocenters. The standard InChI is InChI=1S/C3H4F3O4P/c4-3(5,6)10-11(7)8-1-2-9-11/h1-2H2. The molecule has 0 bridgehead atoms. The minimum absolute atomic E-state index is 0.145. The van der Waals surface area contributed by atoms with Crippen molar-refractivity contribution in [3.05, 3.63) is 0 Å². The number of phosphoric acid groups is 1. The quantitative estimate of drug-likeness (QED) is 0.592. The van der Waals surface area contributed by atoms with Gasteiger partial charge >= 0.3 is 14.2 Å². The first-order chi connectivity index (χ1) is 4.91. The van der Waals surface area contributed by atoms with Crippen molar-refractivity contribution < 1.29 is 31.3 Å². The van der Waals surface area contributed by atoms with Crippen molar-refractivity contribution in [3.63, 3.8) is 0 Å². The Labute approximate surface area is 59.9 Å². The first-order valence-electron chi connectivity index (χ1n) is 2.58. The van der Waals surface area contributed by atoms with E-state index < -0.39 is 14.2 Å². The van der Waals surface area contributed by atoms with Gasteiger partial charge in [-0.15, -0.1) is 13.2 Å². The second kappa shape index (κ2) is 2.75. The molecule has 0 spiro atoms. The van der Waals surface area contributed by atoms with E-state index in [-0.39, 0.29) is 13.2 Å². The normalized spacial score (nSPS) is 23.9. The van der Waals surface area contributed by atoms with Gasteiger partial charge in [-0.2, -0.15) is 4.52 Å². The summed E-state index contributed by atoms with van der Waals surface area (Å²) in [5.41, 5.74) is 0. The molecule has 0 unspecified atom stereocenters. The first-order valence-corrected chi connectivity index (χ1v) is 4.04. The molecule has 0 saturated carbocycles. The largest absolute Gasteiger partial charge is 0.531 e. The number of hydrogen-bond donors (Lipinski definition) is 0. The molecule has 1 aliphatic heterocycles. The van der Waals surface area contributed by atoms with E-state index in [4.69, 9.17) is 0 Å². The zero-order chi connectivity index (χ0) is 8.54. The molecule has 0 amide bonds. The highest BCUT2D eigenvalue weighted by atomic mass is 31.2. The van der Waals surface area contributed by atoms with Crippen LogP contribution < -0.4 is 0 Å². The maximum Gasteiger partial charge on any atom is 0.531 e. The molecule has 0 radical (unpaired) electrons. The second-order valence-corrected chi connectivity index (χ2v) is 3.24. The molecule has 8 heteroatoms. The van der Waals surface area contributed by atoms with Crippen molar-refractivity contribution in [2.45, 2.75) is 6.36 Å². The van der Waals surface area contributed by atoms with Crippen LogP contribution in [0.2, 0.25) is 0 Å². The van der Waals surface area contributed by atoms with Crippen LogP contribution in [0.4, 0.5) is 13.2 Å². The smallest absolute Gasteiger partial charge is 0.284 e. The van der Waals surface area contributed by atoms with Crippen LogP contribution in [-0.4, -0.2) is 19.6 Å². The highest BCUT2D eigenvalue weighted by molar-refractivity contribution is 7.48. The Balaban J connectivity index is 2.54. The van der Waals surface area contributed by atoms with Crippen LogP contribution in [0.5, 0.6) is 0 Å². The molecule has 0 aromatic heterocycles. The second-order valence-electron chi connectivity index (χ2n) is 1.65. The van der Waals surface area contributed by atoms with Gasteiger partial charge in [0.2, 0.25) is 0 Å². The summed E-state index contributed by atoms with van der Waals surface area (Å²) in [6, 6.07) is 0. The lowest BCUT2D eigenvalue weighted by atomic mass is 10.8. The van der Waals surface area contributed by atoms with Gasteiger partial charge in [0.1, 0.15) is 0 Å². The van der Waals surface area contributed by atoms with Gasteiger partial charge in [0.15, 0.2) is 0 Å². The summed E-state index contributed by atoms with van der Waals surface area (Å²) >= 11 is 0. The molecule has 1 fully saturated rings. The molecular formula is C3H4F3O4P. The average Bonchev–Trinajstić information content (AvgIpc) is 2.09. The topological polar surface area (TPSA) is 44.8 Å². The van der Waals surface area contributed by atoms with E-state index in [0.717, 1.165) is 0 Å². The van der Waals surface area contributed by atoms with Crippen LogP contribution in [0, 0.1) is 0 Å². The fourth-order valence-corrected chi connectivity index (χ4v) is 1.54. The number of alkyl halides is 3. The van der Waals surface area contributed by atoms with E-state index in [1.807, 2.05) is 0 Å². The summed E-state index contributed by atoms with van der Waals surface area (Å²) in [6.07, 6.45) is -4.99. The van der Waals surface area contributed by atoms with Gasteiger partial charge in [0.25, 0.3) is 0 Å². The Hall–Kier alpha value is -0.100. The maximum atomic E-state index is 11.4. The van der Waals surface area contributed by atoms with Gasteiger partial charge in [-0.05, 0) is 0 Å². The molecule has 0 aliphatic carbocycles. The van der Waals surface area contributed by atoms with Gasteiger partial charge in [0, 0.05) is 0 Å². The van der Waals surface area contributed by atoms with Crippen molar-refractivity contribution in [2.75, 3.05) is 13.2 Å². The van der Waals surface area contributed by atoms with Gasteiger partial charge in [0.05, 0.1) is 13.2 Å². The maximum absolute atomic E-state index is 11.4. The van der Waals surface area contributed by atoms with Crippen LogP contribution in [0.1, 0.15) is 0 Å². The summed E-state index contributed by atoms with van der Waals surface area (Å²) in [7, 11) is -4.32. The van der Waals surface area contributed by atoms with Gasteiger partial charge < -0.3 is 0 Å². The van der Waals surface area contributed by atoms with Crippen molar-refractivity contribution in [2.24, 2.45) is 0 Å². The van der Waals surface area contributed by atoms with Crippen LogP contribution in [0.25, 0.3) is 0 Å². The van der Waals surface area contributed by atoms with Crippen molar-refractivity contribution >= 4 is 7.82 Å². The van der Waals surface area contributed by atoms with Crippen LogP contribution in [-0.2, 0) is 18.1 Å². The minimum atomic E-state index is -4.99. The van der Waals surface area contributed by atoms with Crippen LogP contribution in [0.15, 0.2) is 0 Å². The third kappa shape index (κ3) is 2.78. The molecule has 0 N–H and O–H groups in total. The van der Waals surface area contributed by atoms with Crippen molar-refractivity contribution in [1.82, 2.24) is 0 Å². The van der Waals surface area contributed by atoms with Gasteiger partial charge in [-0.25, -0.2) is 4.57 Å². The van der Waals surface area contributed by atoms with E-state index in [9.17, 15) is 17.7 Å². The SMILES string of the molecule is O=P1(OC(F)(F)F)OCCO1. The third-order valence-electron chi connectivity index (χ3n) is 0.797. The number of halogens is 3. The lowest BCUT2D eigenvalue weighted by Gasteiger charge is -2.10. The molecular weight excluding hydrogens is 188 g/mol. The Morgan fingerprint density at radius 3 is 2.09 bits per heavy atom. The Morgan fingerprint density at radius 2 is 1.73 bits per heavy atom. The minimum Gasteiger partial charge on any atom is -0.284 e. The number of phosphoric ester groups is 1. The molecule has 11 heavy (non-hydrogen) atoms. The summed E-state index contributed by atoms with van der Waals surface area (Å²) < 4.78 is 56.1. The Kier molecular flexibility index (Phi) is 2.24. The highest BCUT2D eigenvalue weighted by Gasteiger charge is 2.45. The molecule has 0 aromatic rings. The fraction of sp³-hybridized carbons (Fsp3) is 1.00. The lowest BCUT2D eigenvalue weighted by Crippen LogP contribution is -2.11.